The molecule has 1 N–H and O–H groups in total. The number of esters is 1. The van der Waals surface area contributed by atoms with E-state index in [-0.39, 0.29) is 6.04 Å². The first-order valence-electron chi connectivity index (χ1n) is 8.15. The maximum Gasteiger partial charge on any atom is 0.351 e. The molecule has 1 heterocycles. The molecular formula is C18H27NO4. The molecule has 2 rings (SSSR count). The van der Waals surface area contributed by atoms with Crippen LogP contribution in [-0.4, -0.2) is 47.0 Å². The highest BCUT2D eigenvalue weighted by Crippen LogP contribution is 2.21. The van der Waals surface area contributed by atoms with Crippen molar-refractivity contribution in [2.45, 2.75) is 58.1 Å². The zero-order chi connectivity index (χ0) is 16.9. The third kappa shape index (κ3) is 5.61. The summed E-state index contributed by atoms with van der Waals surface area (Å²) < 4.78 is 11.0. The van der Waals surface area contributed by atoms with Gasteiger partial charge in [0, 0.05) is 12.6 Å². The van der Waals surface area contributed by atoms with E-state index in [9.17, 15) is 9.90 Å². The molecule has 1 aromatic rings. The number of hydrogen-bond donors (Lipinski definition) is 1. The van der Waals surface area contributed by atoms with Gasteiger partial charge >= 0.3 is 5.97 Å². The summed E-state index contributed by atoms with van der Waals surface area (Å²) in [7, 11) is 0. The number of ether oxygens (including phenoxy) is 2. The topological polar surface area (TPSA) is 59.0 Å². The van der Waals surface area contributed by atoms with Gasteiger partial charge in [0.05, 0.1) is 13.2 Å². The SMILES string of the molecule is CC(C)(C)OC(=O)[C@H](O)N1CCC[C@H]1COCc1ccccc1. The van der Waals surface area contributed by atoms with Gasteiger partial charge in [-0.1, -0.05) is 30.3 Å². The lowest BCUT2D eigenvalue weighted by atomic mass is 10.2. The third-order valence-electron chi connectivity index (χ3n) is 3.78. The minimum absolute atomic E-state index is 0.0428. The van der Waals surface area contributed by atoms with E-state index in [0.29, 0.717) is 19.8 Å². The highest BCUT2D eigenvalue weighted by atomic mass is 16.6. The van der Waals surface area contributed by atoms with Crippen molar-refractivity contribution in [3.63, 3.8) is 0 Å². The fourth-order valence-electron chi connectivity index (χ4n) is 2.74. The van der Waals surface area contributed by atoms with E-state index in [1.165, 1.54) is 0 Å². The summed E-state index contributed by atoms with van der Waals surface area (Å²) in [6, 6.07) is 10.0. The Hall–Kier alpha value is -1.43. The fraction of sp³-hybridized carbons (Fsp3) is 0.611. The van der Waals surface area contributed by atoms with Crippen molar-refractivity contribution in [3.8, 4) is 0 Å². The Labute approximate surface area is 138 Å². The van der Waals surface area contributed by atoms with Gasteiger partial charge in [-0.15, -0.1) is 0 Å². The second-order valence-electron chi connectivity index (χ2n) is 6.94. The zero-order valence-corrected chi connectivity index (χ0v) is 14.2. The van der Waals surface area contributed by atoms with Crippen LogP contribution in [0.2, 0.25) is 0 Å². The van der Waals surface area contributed by atoms with Gasteiger partial charge in [-0.25, -0.2) is 4.79 Å². The minimum Gasteiger partial charge on any atom is -0.457 e. The number of carbonyl (C=O) groups is 1. The number of aliphatic hydroxyl groups excluding tert-OH is 1. The molecule has 0 amide bonds. The maximum absolute atomic E-state index is 12.0. The van der Waals surface area contributed by atoms with Gasteiger partial charge in [0.2, 0.25) is 6.23 Å². The van der Waals surface area contributed by atoms with Gasteiger partial charge in [0.25, 0.3) is 0 Å². The molecule has 128 valence electrons. The van der Waals surface area contributed by atoms with Crippen LogP contribution in [0.15, 0.2) is 30.3 Å². The first kappa shape index (κ1) is 17.9. The van der Waals surface area contributed by atoms with E-state index >= 15 is 0 Å². The molecule has 2 atom stereocenters. The van der Waals surface area contributed by atoms with Crippen LogP contribution in [0.4, 0.5) is 0 Å². The molecule has 5 heteroatoms. The molecule has 0 bridgehead atoms. The van der Waals surface area contributed by atoms with E-state index in [1.807, 2.05) is 30.3 Å². The van der Waals surface area contributed by atoms with Gasteiger partial charge in [-0.05, 0) is 39.2 Å². The molecule has 5 nitrogen and oxygen atoms in total. The molecule has 0 radical (unpaired) electrons. The molecule has 0 unspecified atom stereocenters. The van der Waals surface area contributed by atoms with Crippen LogP contribution in [0.5, 0.6) is 0 Å². The lowest BCUT2D eigenvalue weighted by Gasteiger charge is -2.30. The summed E-state index contributed by atoms with van der Waals surface area (Å²) >= 11 is 0. The van der Waals surface area contributed by atoms with Gasteiger partial charge in [-0.2, -0.15) is 0 Å². The fourth-order valence-corrected chi connectivity index (χ4v) is 2.74. The summed E-state index contributed by atoms with van der Waals surface area (Å²) in [6.07, 6.45) is 0.635. The number of nitrogens with zero attached hydrogens (tertiary/aromatic N) is 1. The van der Waals surface area contributed by atoms with Crippen LogP contribution in [0, 0.1) is 0 Å². The van der Waals surface area contributed by atoms with E-state index in [2.05, 4.69) is 0 Å². The van der Waals surface area contributed by atoms with Crippen molar-refractivity contribution in [3.05, 3.63) is 35.9 Å². The Kier molecular flexibility index (Phi) is 6.16. The normalized spacial score (nSPS) is 20.4. The smallest absolute Gasteiger partial charge is 0.351 e. The van der Waals surface area contributed by atoms with Crippen molar-refractivity contribution in [2.24, 2.45) is 0 Å². The number of aliphatic hydroxyl groups is 1. The lowest BCUT2D eigenvalue weighted by Crippen LogP contribution is -2.47. The molecule has 1 aromatic carbocycles. The van der Waals surface area contributed by atoms with Crippen LogP contribution < -0.4 is 0 Å². The van der Waals surface area contributed by atoms with Gasteiger partial charge < -0.3 is 14.6 Å². The minimum atomic E-state index is -1.22. The molecule has 23 heavy (non-hydrogen) atoms. The Bertz CT molecular complexity index is 497. The molecule has 1 fully saturated rings. The predicted octanol–water partition coefficient (Wildman–Crippen LogP) is 2.33. The molecule has 1 aliphatic rings. The number of likely N-dealkylation sites (tertiary alicyclic amines) is 1. The van der Waals surface area contributed by atoms with Gasteiger partial charge in [0.1, 0.15) is 5.60 Å². The summed E-state index contributed by atoms with van der Waals surface area (Å²) in [5.41, 5.74) is 0.515. The van der Waals surface area contributed by atoms with E-state index in [4.69, 9.17) is 9.47 Å². The van der Waals surface area contributed by atoms with Gasteiger partial charge in [0.15, 0.2) is 0 Å². The first-order chi connectivity index (χ1) is 10.9. The number of carbonyl (C=O) groups excluding carboxylic acids is 1. The number of hydrogen-bond acceptors (Lipinski definition) is 5. The quantitative estimate of drug-likeness (QED) is 0.815. The molecule has 0 saturated carbocycles. The molecule has 0 aromatic heterocycles. The number of rotatable bonds is 6. The predicted molar refractivity (Wildman–Crippen MR) is 87.7 cm³/mol. The summed E-state index contributed by atoms with van der Waals surface area (Å²) in [5.74, 6) is -0.590. The zero-order valence-electron chi connectivity index (χ0n) is 14.2. The summed E-state index contributed by atoms with van der Waals surface area (Å²) in [6.45, 7) is 7.09. The third-order valence-corrected chi connectivity index (χ3v) is 3.78. The monoisotopic (exact) mass is 321 g/mol. The van der Waals surface area contributed by atoms with Crippen LogP contribution in [0.3, 0.4) is 0 Å². The second kappa shape index (κ2) is 7.90. The van der Waals surface area contributed by atoms with Crippen LogP contribution in [0.25, 0.3) is 0 Å². The Balaban J connectivity index is 1.83. The summed E-state index contributed by atoms with van der Waals surface area (Å²) in [5, 5.41) is 10.3. The van der Waals surface area contributed by atoms with Crippen molar-refractivity contribution in [1.29, 1.82) is 0 Å². The molecule has 0 spiro atoms. The van der Waals surface area contributed by atoms with Gasteiger partial charge in [-0.3, -0.25) is 4.90 Å². The first-order valence-corrected chi connectivity index (χ1v) is 8.15. The standard InChI is InChI=1S/C18H27NO4/c1-18(2,3)23-17(21)16(20)19-11-7-10-15(19)13-22-12-14-8-5-4-6-9-14/h4-6,8-9,15-16,20H,7,10-13H2,1-3H3/t15-,16-/m0/s1. The van der Waals surface area contributed by atoms with E-state index in [0.717, 1.165) is 18.4 Å². The average Bonchev–Trinajstić information content (AvgIpc) is 2.94. The Morgan fingerprint density at radius 3 is 2.70 bits per heavy atom. The highest BCUT2D eigenvalue weighted by Gasteiger charge is 2.35. The van der Waals surface area contributed by atoms with E-state index in [1.54, 1.807) is 25.7 Å². The lowest BCUT2D eigenvalue weighted by molar-refractivity contribution is -0.177. The Morgan fingerprint density at radius 1 is 1.35 bits per heavy atom. The van der Waals surface area contributed by atoms with Crippen LogP contribution in [-0.2, 0) is 20.9 Å². The van der Waals surface area contributed by atoms with Crippen molar-refractivity contribution < 1.29 is 19.4 Å². The van der Waals surface area contributed by atoms with Crippen LogP contribution >= 0.6 is 0 Å². The van der Waals surface area contributed by atoms with Crippen molar-refractivity contribution in [1.82, 2.24) is 4.90 Å². The summed E-state index contributed by atoms with van der Waals surface area (Å²) in [4.78, 5) is 13.8. The second-order valence-corrected chi connectivity index (χ2v) is 6.94. The maximum atomic E-state index is 12.0. The number of benzene rings is 1. The Morgan fingerprint density at radius 2 is 2.04 bits per heavy atom. The molecule has 0 aliphatic carbocycles. The largest absolute Gasteiger partial charge is 0.457 e. The van der Waals surface area contributed by atoms with Crippen molar-refractivity contribution in [2.75, 3.05) is 13.2 Å². The van der Waals surface area contributed by atoms with E-state index < -0.39 is 17.8 Å². The van der Waals surface area contributed by atoms with Crippen molar-refractivity contribution >= 4 is 5.97 Å². The molecular weight excluding hydrogens is 294 g/mol. The molecule has 1 saturated heterocycles. The molecule has 1 aliphatic heterocycles. The van der Waals surface area contributed by atoms with Crippen LogP contribution in [0.1, 0.15) is 39.2 Å². The highest BCUT2D eigenvalue weighted by molar-refractivity contribution is 5.74. The average molecular weight is 321 g/mol.